The van der Waals surface area contributed by atoms with Gasteiger partial charge in [0.15, 0.2) is 11.5 Å². The molecule has 2 aliphatic rings. The van der Waals surface area contributed by atoms with E-state index in [1.807, 2.05) is 6.07 Å². The molecule has 1 N–H and O–H groups in total. The molecule has 116 valence electrons. The van der Waals surface area contributed by atoms with Crippen molar-refractivity contribution in [3.05, 3.63) is 23.8 Å². The van der Waals surface area contributed by atoms with Crippen molar-refractivity contribution < 1.29 is 9.47 Å². The Hall–Kier alpha value is -1.22. The molecule has 1 atom stereocenters. The molecule has 1 aromatic carbocycles. The Morgan fingerprint density at radius 2 is 1.76 bits per heavy atom. The minimum Gasteiger partial charge on any atom is -0.486 e. The fourth-order valence-corrected chi connectivity index (χ4v) is 3.45. The van der Waals surface area contributed by atoms with Crippen molar-refractivity contribution in [1.29, 1.82) is 0 Å². The van der Waals surface area contributed by atoms with Crippen molar-refractivity contribution in [2.45, 2.75) is 58.0 Å². The lowest BCUT2D eigenvalue weighted by atomic mass is 9.93. The minimum absolute atomic E-state index is 0.594. The van der Waals surface area contributed by atoms with E-state index in [-0.39, 0.29) is 0 Å². The molecule has 0 aromatic heterocycles. The van der Waals surface area contributed by atoms with Crippen molar-refractivity contribution in [1.82, 2.24) is 5.32 Å². The van der Waals surface area contributed by atoms with Gasteiger partial charge in [-0.25, -0.2) is 0 Å². The number of rotatable bonds is 4. The number of nitrogens with one attached hydrogen (secondary N) is 1. The van der Waals surface area contributed by atoms with E-state index in [1.165, 1.54) is 44.1 Å². The van der Waals surface area contributed by atoms with Crippen LogP contribution in [0, 0.1) is 5.92 Å². The highest BCUT2D eigenvalue weighted by Gasteiger charge is 2.19. The van der Waals surface area contributed by atoms with Gasteiger partial charge in [-0.05, 0) is 43.4 Å². The topological polar surface area (TPSA) is 30.5 Å². The van der Waals surface area contributed by atoms with E-state index in [2.05, 4.69) is 24.4 Å². The second kappa shape index (κ2) is 7.17. The molecule has 1 aromatic rings. The highest BCUT2D eigenvalue weighted by Crippen LogP contribution is 2.31. The molecule has 1 heterocycles. The predicted molar refractivity (Wildman–Crippen MR) is 84.9 cm³/mol. The summed E-state index contributed by atoms with van der Waals surface area (Å²) in [6.45, 7) is 4.56. The Kier molecular flexibility index (Phi) is 5.02. The summed E-state index contributed by atoms with van der Waals surface area (Å²) in [5.74, 6) is 2.61. The fourth-order valence-electron chi connectivity index (χ4n) is 3.45. The van der Waals surface area contributed by atoms with Crippen LogP contribution < -0.4 is 14.8 Å². The first-order valence-corrected chi connectivity index (χ1v) is 8.45. The predicted octanol–water partition coefficient (Wildman–Crippen LogP) is 3.91. The first kappa shape index (κ1) is 14.7. The lowest BCUT2D eigenvalue weighted by molar-refractivity contribution is 0.171. The molecule has 1 fully saturated rings. The van der Waals surface area contributed by atoms with Crippen LogP contribution in [0.3, 0.4) is 0 Å². The van der Waals surface area contributed by atoms with Crippen LogP contribution in [0.1, 0.15) is 51.0 Å². The van der Waals surface area contributed by atoms with E-state index in [9.17, 15) is 0 Å². The summed E-state index contributed by atoms with van der Waals surface area (Å²) in [4.78, 5) is 0. The second-order valence-corrected chi connectivity index (χ2v) is 6.40. The standard InChI is InChI=1S/C18H27NO2/c1-14(16-6-4-2-3-5-7-16)19-13-15-8-9-17-18(12-15)21-11-10-20-17/h8-9,12,14,16,19H,2-7,10-11,13H2,1H3/t14-/m0/s1. The fraction of sp³-hybridized carbons (Fsp3) is 0.667. The van der Waals surface area contributed by atoms with Gasteiger partial charge in [0.1, 0.15) is 13.2 Å². The van der Waals surface area contributed by atoms with Crippen LogP contribution in [0.15, 0.2) is 18.2 Å². The third kappa shape index (κ3) is 3.91. The van der Waals surface area contributed by atoms with E-state index < -0.39 is 0 Å². The summed E-state index contributed by atoms with van der Waals surface area (Å²) in [5.41, 5.74) is 1.28. The number of ether oxygens (including phenoxy) is 2. The number of benzene rings is 1. The van der Waals surface area contributed by atoms with E-state index >= 15 is 0 Å². The highest BCUT2D eigenvalue weighted by atomic mass is 16.6. The SMILES string of the molecule is C[C@H](NCc1ccc2c(c1)OCCO2)C1CCCCCC1. The maximum Gasteiger partial charge on any atom is 0.161 e. The lowest BCUT2D eigenvalue weighted by Gasteiger charge is -2.24. The molecular weight excluding hydrogens is 262 g/mol. The summed E-state index contributed by atoms with van der Waals surface area (Å²) in [6.07, 6.45) is 8.42. The molecule has 1 saturated carbocycles. The summed E-state index contributed by atoms with van der Waals surface area (Å²) >= 11 is 0. The Morgan fingerprint density at radius 3 is 2.52 bits per heavy atom. The summed E-state index contributed by atoms with van der Waals surface area (Å²) in [7, 11) is 0. The molecule has 0 unspecified atom stereocenters. The largest absolute Gasteiger partial charge is 0.486 e. The molecule has 0 saturated heterocycles. The van der Waals surface area contributed by atoms with Gasteiger partial charge in [0, 0.05) is 12.6 Å². The Bertz CT molecular complexity index is 453. The maximum atomic E-state index is 5.65. The Morgan fingerprint density at radius 1 is 1.05 bits per heavy atom. The quantitative estimate of drug-likeness (QED) is 0.853. The van der Waals surface area contributed by atoms with Gasteiger partial charge in [-0.3, -0.25) is 0 Å². The van der Waals surface area contributed by atoms with Crippen molar-refractivity contribution in [3.63, 3.8) is 0 Å². The third-order valence-corrected chi connectivity index (χ3v) is 4.84. The van der Waals surface area contributed by atoms with Crippen LogP contribution in [0.25, 0.3) is 0 Å². The van der Waals surface area contributed by atoms with Gasteiger partial charge in [0.2, 0.25) is 0 Å². The zero-order valence-corrected chi connectivity index (χ0v) is 13.1. The van der Waals surface area contributed by atoms with Crippen molar-refractivity contribution in [2.24, 2.45) is 5.92 Å². The first-order valence-electron chi connectivity index (χ1n) is 8.45. The van der Waals surface area contributed by atoms with Gasteiger partial charge >= 0.3 is 0 Å². The van der Waals surface area contributed by atoms with Crippen LogP contribution in [-0.2, 0) is 6.54 Å². The van der Waals surface area contributed by atoms with Gasteiger partial charge in [-0.1, -0.05) is 31.7 Å². The summed E-state index contributed by atoms with van der Waals surface area (Å²) in [6, 6.07) is 6.88. The average Bonchev–Trinajstić information content (AvgIpc) is 2.81. The normalized spacial score (nSPS) is 20.8. The summed E-state index contributed by atoms with van der Waals surface area (Å²) < 4.78 is 11.2. The van der Waals surface area contributed by atoms with Crippen LogP contribution >= 0.6 is 0 Å². The molecule has 0 bridgehead atoms. The number of fused-ring (bicyclic) bond motifs is 1. The molecule has 3 rings (SSSR count). The highest BCUT2D eigenvalue weighted by molar-refractivity contribution is 5.43. The molecular formula is C18H27NO2. The van der Waals surface area contributed by atoms with Gasteiger partial charge in [-0.2, -0.15) is 0 Å². The zero-order chi connectivity index (χ0) is 14.5. The molecule has 1 aliphatic heterocycles. The molecule has 3 heteroatoms. The van der Waals surface area contributed by atoms with Crippen LogP contribution in [0.5, 0.6) is 11.5 Å². The van der Waals surface area contributed by atoms with Crippen LogP contribution in [0.4, 0.5) is 0 Å². The van der Waals surface area contributed by atoms with E-state index in [0.717, 1.165) is 24.0 Å². The molecule has 0 spiro atoms. The minimum atomic E-state index is 0.594. The van der Waals surface area contributed by atoms with Crippen molar-refractivity contribution >= 4 is 0 Å². The third-order valence-electron chi connectivity index (χ3n) is 4.84. The monoisotopic (exact) mass is 289 g/mol. The van der Waals surface area contributed by atoms with Gasteiger partial charge < -0.3 is 14.8 Å². The maximum absolute atomic E-state index is 5.65. The van der Waals surface area contributed by atoms with Gasteiger partial charge in [0.25, 0.3) is 0 Å². The second-order valence-electron chi connectivity index (χ2n) is 6.40. The van der Waals surface area contributed by atoms with E-state index in [4.69, 9.17) is 9.47 Å². The van der Waals surface area contributed by atoms with Crippen molar-refractivity contribution in [3.8, 4) is 11.5 Å². The molecule has 0 amide bonds. The molecule has 1 aliphatic carbocycles. The lowest BCUT2D eigenvalue weighted by Crippen LogP contribution is -2.33. The zero-order valence-electron chi connectivity index (χ0n) is 13.1. The van der Waals surface area contributed by atoms with E-state index in [1.54, 1.807) is 0 Å². The smallest absolute Gasteiger partial charge is 0.161 e. The molecule has 0 radical (unpaired) electrons. The van der Waals surface area contributed by atoms with Gasteiger partial charge in [-0.15, -0.1) is 0 Å². The van der Waals surface area contributed by atoms with E-state index in [0.29, 0.717) is 19.3 Å². The molecule has 3 nitrogen and oxygen atoms in total. The Labute approximate surface area is 128 Å². The number of hydrogen-bond donors (Lipinski definition) is 1. The molecule has 21 heavy (non-hydrogen) atoms. The average molecular weight is 289 g/mol. The first-order chi connectivity index (χ1) is 10.3. The number of hydrogen-bond acceptors (Lipinski definition) is 3. The van der Waals surface area contributed by atoms with Crippen LogP contribution in [0.2, 0.25) is 0 Å². The Balaban J connectivity index is 1.54. The van der Waals surface area contributed by atoms with Gasteiger partial charge in [0.05, 0.1) is 0 Å². The van der Waals surface area contributed by atoms with Crippen molar-refractivity contribution in [2.75, 3.05) is 13.2 Å². The van der Waals surface area contributed by atoms with Crippen LogP contribution in [-0.4, -0.2) is 19.3 Å². The summed E-state index contributed by atoms with van der Waals surface area (Å²) in [5, 5.41) is 3.71.